The molecule has 0 radical (unpaired) electrons. The van der Waals surface area contributed by atoms with E-state index < -0.39 is 10.0 Å². The van der Waals surface area contributed by atoms with Crippen LogP contribution in [-0.4, -0.2) is 45.7 Å². The van der Waals surface area contributed by atoms with Gasteiger partial charge < -0.3 is 4.74 Å². The number of hydrogen-bond donors (Lipinski definition) is 1. The number of hydrogen-bond acceptors (Lipinski definition) is 4. The van der Waals surface area contributed by atoms with Gasteiger partial charge in [-0.25, -0.2) is 13.1 Å². The molecule has 0 bridgehead atoms. The molecule has 1 aliphatic rings. The van der Waals surface area contributed by atoms with Gasteiger partial charge >= 0.3 is 0 Å². The zero-order valence-electron chi connectivity index (χ0n) is 18.7. The second-order valence-corrected chi connectivity index (χ2v) is 11.0. The van der Waals surface area contributed by atoms with Gasteiger partial charge in [-0.2, -0.15) is 0 Å². The van der Waals surface area contributed by atoms with Crippen molar-refractivity contribution in [1.29, 1.82) is 0 Å². The Morgan fingerprint density at radius 1 is 1.10 bits per heavy atom. The second-order valence-electron chi connectivity index (χ2n) is 9.25. The van der Waals surface area contributed by atoms with Crippen LogP contribution in [0.4, 0.5) is 0 Å². The largest absolute Gasteiger partial charge is 0.374 e. The van der Waals surface area contributed by atoms with Gasteiger partial charge in [-0.3, -0.25) is 4.90 Å². The molecule has 1 heterocycles. The standard InChI is InChI=1S/C24H34N2O3S/c1-18-13-21(24(3,4)5)14-19(2)23(18)30(27,28)25-15-22-17-26(11-12-29-22)16-20-9-7-6-8-10-20/h6-10,13-14,22,25H,11-12,15-17H2,1-5H3. The molecule has 1 N–H and O–H groups in total. The van der Waals surface area contributed by atoms with Crippen LogP contribution in [0.15, 0.2) is 47.4 Å². The first kappa shape index (κ1) is 22.9. The van der Waals surface area contributed by atoms with Crippen molar-refractivity contribution in [3.63, 3.8) is 0 Å². The molecular formula is C24H34N2O3S. The van der Waals surface area contributed by atoms with Crippen molar-refractivity contribution in [3.05, 3.63) is 64.7 Å². The Labute approximate surface area is 181 Å². The molecule has 1 atom stereocenters. The summed E-state index contributed by atoms with van der Waals surface area (Å²) in [6.45, 7) is 13.4. The molecule has 0 aromatic heterocycles. The van der Waals surface area contributed by atoms with Crippen molar-refractivity contribution in [1.82, 2.24) is 9.62 Å². The Morgan fingerprint density at radius 2 is 1.73 bits per heavy atom. The van der Waals surface area contributed by atoms with E-state index in [1.54, 1.807) is 0 Å². The van der Waals surface area contributed by atoms with Gasteiger partial charge in [0.15, 0.2) is 0 Å². The van der Waals surface area contributed by atoms with Crippen LogP contribution in [0.25, 0.3) is 0 Å². The van der Waals surface area contributed by atoms with E-state index in [2.05, 4.69) is 42.5 Å². The first-order valence-corrected chi connectivity index (χ1v) is 12.0. The summed E-state index contributed by atoms with van der Waals surface area (Å²) in [4.78, 5) is 2.69. The maximum absolute atomic E-state index is 13.1. The number of morpholine rings is 1. The van der Waals surface area contributed by atoms with E-state index in [0.717, 1.165) is 29.8 Å². The van der Waals surface area contributed by atoms with Crippen molar-refractivity contribution in [2.24, 2.45) is 0 Å². The highest BCUT2D eigenvalue weighted by atomic mass is 32.2. The fourth-order valence-corrected chi connectivity index (χ4v) is 5.49. The van der Waals surface area contributed by atoms with Crippen molar-refractivity contribution in [3.8, 4) is 0 Å². The zero-order chi connectivity index (χ0) is 21.9. The molecule has 30 heavy (non-hydrogen) atoms. The van der Waals surface area contributed by atoms with E-state index >= 15 is 0 Å². The highest BCUT2D eigenvalue weighted by molar-refractivity contribution is 7.89. The molecule has 2 aromatic rings. The number of nitrogens with zero attached hydrogens (tertiary/aromatic N) is 1. The van der Waals surface area contributed by atoms with Gasteiger partial charge in [-0.15, -0.1) is 0 Å². The molecule has 5 nitrogen and oxygen atoms in total. The second kappa shape index (κ2) is 9.18. The molecule has 164 valence electrons. The molecule has 3 rings (SSSR count). The minimum atomic E-state index is -3.61. The average molecular weight is 431 g/mol. The SMILES string of the molecule is Cc1cc(C(C)(C)C)cc(C)c1S(=O)(=O)NCC1CN(Cc2ccccc2)CCO1. The Balaban J connectivity index is 1.66. The van der Waals surface area contributed by atoms with Gasteiger partial charge in [0, 0.05) is 26.2 Å². The van der Waals surface area contributed by atoms with Crippen LogP contribution in [0, 0.1) is 13.8 Å². The third-order valence-electron chi connectivity index (χ3n) is 5.57. The van der Waals surface area contributed by atoms with Crippen molar-refractivity contribution < 1.29 is 13.2 Å². The molecular weight excluding hydrogens is 396 g/mol. The molecule has 1 unspecified atom stereocenters. The Morgan fingerprint density at radius 3 is 2.33 bits per heavy atom. The molecule has 1 saturated heterocycles. The van der Waals surface area contributed by atoms with Gasteiger partial charge in [0.1, 0.15) is 0 Å². The van der Waals surface area contributed by atoms with Crippen molar-refractivity contribution in [2.75, 3.05) is 26.2 Å². The summed E-state index contributed by atoms with van der Waals surface area (Å²) in [7, 11) is -3.61. The molecule has 1 fully saturated rings. The van der Waals surface area contributed by atoms with Crippen LogP contribution >= 0.6 is 0 Å². The number of ether oxygens (including phenoxy) is 1. The average Bonchev–Trinajstić information content (AvgIpc) is 2.66. The van der Waals surface area contributed by atoms with Crippen molar-refractivity contribution >= 4 is 10.0 Å². The highest BCUT2D eigenvalue weighted by Gasteiger charge is 2.26. The zero-order valence-corrected chi connectivity index (χ0v) is 19.6. The van der Waals surface area contributed by atoms with Crippen LogP contribution in [0.1, 0.15) is 43.0 Å². The lowest BCUT2D eigenvalue weighted by Crippen LogP contribution is -2.47. The third-order valence-corrected chi connectivity index (χ3v) is 7.30. The quantitative estimate of drug-likeness (QED) is 0.758. The van der Waals surface area contributed by atoms with Gasteiger partial charge in [-0.1, -0.05) is 63.2 Å². The van der Waals surface area contributed by atoms with Crippen LogP contribution in [0.3, 0.4) is 0 Å². The molecule has 0 spiro atoms. The minimum Gasteiger partial charge on any atom is -0.374 e. The Kier molecular flexibility index (Phi) is 7.02. The van der Waals surface area contributed by atoms with Gasteiger partial charge in [0.2, 0.25) is 10.0 Å². The molecule has 0 aliphatic carbocycles. The predicted octanol–water partition coefficient (Wildman–Crippen LogP) is 3.78. The maximum atomic E-state index is 13.1. The fraction of sp³-hybridized carbons (Fsp3) is 0.500. The summed E-state index contributed by atoms with van der Waals surface area (Å²) in [6, 6.07) is 14.3. The van der Waals surface area contributed by atoms with E-state index in [9.17, 15) is 8.42 Å². The van der Waals surface area contributed by atoms with Gasteiger partial charge in [-0.05, 0) is 41.5 Å². The number of nitrogens with one attached hydrogen (secondary N) is 1. The van der Waals surface area contributed by atoms with E-state index in [4.69, 9.17) is 4.74 Å². The van der Waals surface area contributed by atoms with Gasteiger partial charge in [0.25, 0.3) is 0 Å². The highest BCUT2D eigenvalue weighted by Crippen LogP contribution is 2.29. The summed E-state index contributed by atoms with van der Waals surface area (Å²) < 4.78 is 34.8. The minimum absolute atomic E-state index is 0.0244. The first-order chi connectivity index (χ1) is 14.1. The summed E-state index contributed by atoms with van der Waals surface area (Å²) in [6.07, 6.45) is -0.160. The number of sulfonamides is 1. The molecule has 0 saturated carbocycles. The molecule has 1 aliphatic heterocycles. The van der Waals surface area contributed by atoms with Crippen LogP contribution < -0.4 is 4.72 Å². The van der Waals surface area contributed by atoms with E-state index in [0.29, 0.717) is 18.0 Å². The van der Waals surface area contributed by atoms with E-state index in [1.807, 2.05) is 44.2 Å². The summed E-state index contributed by atoms with van der Waals surface area (Å²) >= 11 is 0. The summed E-state index contributed by atoms with van der Waals surface area (Å²) in [5.74, 6) is 0. The monoisotopic (exact) mass is 430 g/mol. The Bertz CT molecular complexity index is 943. The van der Waals surface area contributed by atoms with Crippen LogP contribution in [0.5, 0.6) is 0 Å². The smallest absolute Gasteiger partial charge is 0.241 e. The van der Waals surface area contributed by atoms with Crippen LogP contribution in [-0.2, 0) is 26.7 Å². The predicted molar refractivity (Wildman–Crippen MR) is 121 cm³/mol. The molecule has 6 heteroatoms. The van der Waals surface area contributed by atoms with E-state index in [-0.39, 0.29) is 18.1 Å². The maximum Gasteiger partial charge on any atom is 0.241 e. The van der Waals surface area contributed by atoms with Crippen molar-refractivity contribution in [2.45, 2.75) is 57.6 Å². The lowest BCUT2D eigenvalue weighted by atomic mass is 9.85. The first-order valence-electron chi connectivity index (χ1n) is 10.6. The lowest BCUT2D eigenvalue weighted by Gasteiger charge is -2.33. The lowest BCUT2D eigenvalue weighted by molar-refractivity contribution is -0.0276. The summed E-state index contributed by atoms with van der Waals surface area (Å²) in [5.41, 5.74) is 3.93. The number of aryl methyl sites for hydroxylation is 2. The van der Waals surface area contributed by atoms with E-state index in [1.165, 1.54) is 5.56 Å². The molecule has 2 aromatic carbocycles. The third kappa shape index (κ3) is 5.70. The fourth-order valence-electron chi connectivity index (χ4n) is 3.97. The number of benzene rings is 2. The number of rotatable bonds is 6. The van der Waals surface area contributed by atoms with Crippen LogP contribution in [0.2, 0.25) is 0 Å². The normalized spacial score (nSPS) is 18.5. The summed E-state index contributed by atoms with van der Waals surface area (Å²) in [5, 5.41) is 0. The van der Waals surface area contributed by atoms with Gasteiger partial charge in [0.05, 0.1) is 17.6 Å². The molecule has 0 amide bonds. The topological polar surface area (TPSA) is 58.6 Å². The Hall–Kier alpha value is -1.73.